The minimum atomic E-state index is 0.708. The number of rotatable bonds is 8. The highest BCUT2D eigenvalue weighted by atomic mass is 16.5. The van der Waals surface area contributed by atoms with Gasteiger partial charge in [-0.1, -0.05) is 116 Å². The van der Waals surface area contributed by atoms with Gasteiger partial charge in [-0.2, -0.15) is 0 Å². The molecule has 0 bridgehead atoms. The lowest BCUT2D eigenvalue weighted by Crippen LogP contribution is -2.28. The predicted octanol–water partition coefficient (Wildman–Crippen LogP) is 13.0. The summed E-state index contributed by atoms with van der Waals surface area (Å²) in [6.07, 6.45) is 43.4. The van der Waals surface area contributed by atoms with Crippen LogP contribution in [0.2, 0.25) is 0 Å². The monoisotopic (exact) mass is 563 g/mol. The molecule has 0 N–H and O–H groups in total. The van der Waals surface area contributed by atoms with E-state index in [1.165, 1.54) is 193 Å². The highest BCUT2D eigenvalue weighted by Crippen LogP contribution is 2.50. The number of hydrogen-bond donors (Lipinski definition) is 0. The fourth-order valence-electron chi connectivity index (χ4n) is 10.7. The summed E-state index contributed by atoms with van der Waals surface area (Å²) in [6, 6.07) is 0. The third kappa shape index (κ3) is 7.87. The molecule has 0 amide bonds. The van der Waals surface area contributed by atoms with Crippen LogP contribution in [0.4, 0.5) is 0 Å². The van der Waals surface area contributed by atoms with Crippen molar-refractivity contribution in [3.63, 3.8) is 0 Å². The number of ether oxygens (including phenoxy) is 1. The molecule has 6 saturated carbocycles. The van der Waals surface area contributed by atoms with Crippen LogP contribution in [0, 0.1) is 35.5 Å². The molecule has 1 heteroatoms. The molecule has 232 valence electrons. The van der Waals surface area contributed by atoms with Gasteiger partial charge in [0, 0.05) is 11.8 Å². The Hall–Kier alpha value is -0.720. The van der Waals surface area contributed by atoms with Crippen molar-refractivity contribution in [2.24, 2.45) is 35.5 Å². The normalized spacial score (nSPS) is 27.4. The van der Waals surface area contributed by atoms with Crippen LogP contribution in [-0.2, 0) is 4.74 Å². The van der Waals surface area contributed by atoms with E-state index in [1.54, 1.807) is 11.5 Å². The second kappa shape index (κ2) is 15.8. The average molecular weight is 563 g/mol. The van der Waals surface area contributed by atoms with E-state index in [4.69, 9.17) is 4.74 Å². The predicted molar refractivity (Wildman–Crippen MR) is 175 cm³/mol. The molecule has 41 heavy (non-hydrogen) atoms. The highest BCUT2D eigenvalue weighted by Gasteiger charge is 2.37. The summed E-state index contributed by atoms with van der Waals surface area (Å²) in [5, 5.41) is 0. The van der Waals surface area contributed by atoms with E-state index in [1.807, 2.05) is 11.1 Å². The third-order valence-corrected chi connectivity index (χ3v) is 12.9. The zero-order valence-electron chi connectivity index (χ0n) is 27.1. The maximum absolute atomic E-state index is 8.03. The Morgan fingerprint density at radius 3 is 0.659 bits per heavy atom. The molecular formula is C40H66O. The maximum Gasteiger partial charge on any atom is 0.106 e. The van der Waals surface area contributed by atoms with Crippen molar-refractivity contribution >= 4 is 0 Å². The Bertz CT molecular complexity index is 718. The van der Waals surface area contributed by atoms with Gasteiger partial charge >= 0.3 is 0 Å². The van der Waals surface area contributed by atoms with Gasteiger partial charge in [0.2, 0.25) is 0 Å². The molecule has 0 saturated heterocycles. The quantitative estimate of drug-likeness (QED) is 0.267. The van der Waals surface area contributed by atoms with Crippen LogP contribution in [0.3, 0.4) is 0 Å². The van der Waals surface area contributed by atoms with E-state index in [0.29, 0.717) is 11.8 Å². The van der Waals surface area contributed by atoms with Gasteiger partial charge in [-0.3, -0.25) is 0 Å². The van der Waals surface area contributed by atoms with Crippen LogP contribution in [0.5, 0.6) is 0 Å². The van der Waals surface area contributed by atoms with Gasteiger partial charge in [-0.15, -0.1) is 0 Å². The molecule has 0 heterocycles. The van der Waals surface area contributed by atoms with Crippen LogP contribution in [0.25, 0.3) is 0 Å². The van der Waals surface area contributed by atoms with Crippen molar-refractivity contribution in [2.75, 3.05) is 0 Å². The smallest absolute Gasteiger partial charge is 0.106 e. The van der Waals surface area contributed by atoms with Gasteiger partial charge in [0.1, 0.15) is 11.5 Å². The van der Waals surface area contributed by atoms with Crippen molar-refractivity contribution in [3.8, 4) is 0 Å². The van der Waals surface area contributed by atoms with Crippen molar-refractivity contribution < 1.29 is 4.74 Å². The molecule has 6 fully saturated rings. The Balaban J connectivity index is 1.47. The van der Waals surface area contributed by atoms with Crippen LogP contribution >= 0.6 is 0 Å². The fraction of sp³-hybridized carbons (Fsp3) is 0.900. The molecule has 0 aliphatic heterocycles. The Morgan fingerprint density at radius 1 is 0.244 bits per heavy atom. The zero-order valence-corrected chi connectivity index (χ0v) is 27.1. The van der Waals surface area contributed by atoms with Crippen LogP contribution in [0.15, 0.2) is 22.7 Å². The fourth-order valence-corrected chi connectivity index (χ4v) is 10.7. The summed E-state index contributed by atoms with van der Waals surface area (Å²) < 4.78 is 8.03. The largest absolute Gasteiger partial charge is 0.466 e. The Kier molecular flexibility index (Phi) is 11.7. The molecular weight excluding hydrogens is 496 g/mol. The Labute approximate surface area is 255 Å². The van der Waals surface area contributed by atoms with Crippen LogP contribution < -0.4 is 0 Å². The van der Waals surface area contributed by atoms with Crippen LogP contribution in [-0.4, -0.2) is 0 Å². The zero-order chi connectivity index (χ0) is 27.7. The summed E-state index contributed by atoms with van der Waals surface area (Å²) in [7, 11) is 0. The van der Waals surface area contributed by atoms with Gasteiger partial charge in [-0.25, -0.2) is 0 Å². The van der Waals surface area contributed by atoms with Crippen LogP contribution in [0.1, 0.15) is 193 Å². The topological polar surface area (TPSA) is 9.23 Å². The van der Waals surface area contributed by atoms with E-state index in [-0.39, 0.29) is 0 Å². The second-order valence-electron chi connectivity index (χ2n) is 15.8. The standard InChI is InChI=1S/C40H66O/c1-7-19-31(20-8-1)37(32-21-9-2-10-22-32)39(35-27-15-5-16-28-35)41-40(36-29-17-6-18-30-36)38(33-23-11-3-12-24-33)34-25-13-4-14-26-34/h31-36H,1-30H2. The molecule has 6 rings (SSSR count). The lowest BCUT2D eigenvalue weighted by atomic mass is 9.70. The van der Waals surface area contributed by atoms with Crippen molar-refractivity contribution in [1.82, 2.24) is 0 Å². The first-order chi connectivity index (χ1) is 20.4. The molecule has 0 aromatic carbocycles. The average Bonchev–Trinajstić information content (AvgIpc) is 3.07. The van der Waals surface area contributed by atoms with Gasteiger partial charge < -0.3 is 4.74 Å². The highest BCUT2D eigenvalue weighted by molar-refractivity contribution is 5.26. The first-order valence-electron chi connectivity index (χ1n) is 19.5. The summed E-state index contributed by atoms with van der Waals surface area (Å²) in [4.78, 5) is 0. The molecule has 0 atom stereocenters. The minimum Gasteiger partial charge on any atom is -0.466 e. The van der Waals surface area contributed by atoms with E-state index in [0.717, 1.165) is 23.7 Å². The summed E-state index contributed by atoms with van der Waals surface area (Å²) in [6.45, 7) is 0. The van der Waals surface area contributed by atoms with Gasteiger partial charge in [0.25, 0.3) is 0 Å². The van der Waals surface area contributed by atoms with Gasteiger partial charge in [0.15, 0.2) is 0 Å². The molecule has 0 aromatic rings. The number of allylic oxidation sites excluding steroid dienone is 4. The van der Waals surface area contributed by atoms with Crippen molar-refractivity contribution in [1.29, 1.82) is 0 Å². The molecule has 6 aliphatic carbocycles. The molecule has 1 nitrogen and oxygen atoms in total. The second-order valence-corrected chi connectivity index (χ2v) is 15.8. The van der Waals surface area contributed by atoms with Crippen molar-refractivity contribution in [2.45, 2.75) is 193 Å². The lowest BCUT2D eigenvalue weighted by Gasteiger charge is -2.41. The molecule has 0 radical (unpaired) electrons. The summed E-state index contributed by atoms with van der Waals surface area (Å²) in [5.41, 5.74) is 3.83. The van der Waals surface area contributed by atoms with Gasteiger partial charge in [0.05, 0.1) is 0 Å². The molecule has 0 unspecified atom stereocenters. The van der Waals surface area contributed by atoms with E-state index in [9.17, 15) is 0 Å². The minimum absolute atomic E-state index is 0.708. The van der Waals surface area contributed by atoms with E-state index >= 15 is 0 Å². The van der Waals surface area contributed by atoms with E-state index < -0.39 is 0 Å². The number of hydrogen-bond acceptors (Lipinski definition) is 1. The van der Waals surface area contributed by atoms with E-state index in [2.05, 4.69) is 0 Å². The maximum atomic E-state index is 8.03. The Morgan fingerprint density at radius 2 is 0.439 bits per heavy atom. The lowest BCUT2D eigenvalue weighted by molar-refractivity contribution is 0.149. The first kappa shape index (κ1) is 30.3. The SMILES string of the molecule is C1CCC(C(OC(=C(C2CCCCC2)C2CCCCC2)C2CCCCC2)=C(C2CCCCC2)C2CCCCC2)CC1. The molecule has 0 aromatic heterocycles. The first-order valence-corrected chi connectivity index (χ1v) is 19.5. The van der Waals surface area contributed by atoms with Gasteiger partial charge in [-0.05, 0) is 112 Å². The summed E-state index contributed by atoms with van der Waals surface area (Å²) >= 11 is 0. The summed E-state index contributed by atoms with van der Waals surface area (Å²) in [5.74, 6) is 7.95. The van der Waals surface area contributed by atoms with Crippen molar-refractivity contribution in [3.05, 3.63) is 22.7 Å². The molecule has 6 aliphatic rings. The third-order valence-electron chi connectivity index (χ3n) is 12.9. The molecule has 0 spiro atoms.